The first-order valence-electron chi connectivity index (χ1n) is 3.48. The number of nitrogens with two attached hydrogens (primary N) is 1. The Labute approximate surface area is 73.6 Å². The van der Waals surface area contributed by atoms with Crippen LogP contribution in [-0.2, 0) is 4.79 Å². The quantitative estimate of drug-likeness (QED) is 0.629. The average molecular weight is 181 g/mol. The molecule has 0 saturated heterocycles. The number of allylic oxidation sites excluding steroid dienone is 4. The summed E-state index contributed by atoms with van der Waals surface area (Å²) in [6.45, 7) is 0. The van der Waals surface area contributed by atoms with Crippen molar-refractivity contribution in [3.05, 3.63) is 34.3 Å². The molecule has 0 spiro atoms. The van der Waals surface area contributed by atoms with Crippen LogP contribution in [0.25, 0.3) is 0 Å². The topological polar surface area (TPSA) is 63.3 Å². The smallest absolute Gasteiger partial charge is 0.334 e. The van der Waals surface area contributed by atoms with Crippen molar-refractivity contribution >= 4 is 17.7 Å². The maximum atomic E-state index is 10.7. The molecule has 2 aliphatic rings. The van der Waals surface area contributed by atoms with Gasteiger partial charge in [0.25, 0.3) is 0 Å². The van der Waals surface area contributed by atoms with Crippen molar-refractivity contribution in [2.24, 2.45) is 5.73 Å². The van der Waals surface area contributed by atoms with Crippen LogP contribution in [0.1, 0.15) is 0 Å². The maximum Gasteiger partial charge on any atom is 0.334 e. The van der Waals surface area contributed by atoms with Crippen LogP contribution in [0.4, 0.5) is 0 Å². The van der Waals surface area contributed by atoms with E-state index in [0.29, 0.717) is 5.57 Å². The van der Waals surface area contributed by atoms with Gasteiger partial charge in [0.15, 0.2) is 0 Å². The number of carboxylic acids is 1. The molecule has 3 nitrogen and oxygen atoms in total. The van der Waals surface area contributed by atoms with Crippen LogP contribution in [0.15, 0.2) is 34.3 Å². The van der Waals surface area contributed by atoms with Crippen molar-refractivity contribution in [2.75, 3.05) is 0 Å². The number of hydrogen-bond donors (Lipinski definition) is 2. The van der Waals surface area contributed by atoms with Crippen LogP contribution in [0.5, 0.6) is 0 Å². The van der Waals surface area contributed by atoms with E-state index in [-0.39, 0.29) is 0 Å². The summed E-state index contributed by atoms with van der Waals surface area (Å²) in [5.74, 6) is -0.917. The fraction of sp³-hybridized carbons (Fsp3) is 0.125. The van der Waals surface area contributed by atoms with E-state index in [1.165, 1.54) is 11.8 Å². The largest absolute Gasteiger partial charge is 0.478 e. The second kappa shape index (κ2) is 2.50. The highest BCUT2D eigenvalue weighted by Crippen LogP contribution is 2.42. The Kier molecular flexibility index (Phi) is 1.59. The first kappa shape index (κ1) is 7.64. The fourth-order valence-electron chi connectivity index (χ4n) is 1.31. The average Bonchev–Trinajstić information content (AvgIpc) is 2.44. The van der Waals surface area contributed by atoms with E-state index in [2.05, 4.69) is 0 Å². The molecular formula is C8H7NO2S. The van der Waals surface area contributed by atoms with Gasteiger partial charge in [-0.25, -0.2) is 4.79 Å². The highest BCUT2D eigenvalue weighted by atomic mass is 32.2. The maximum absolute atomic E-state index is 10.7. The molecule has 0 aromatic rings. The molecule has 1 aliphatic heterocycles. The summed E-state index contributed by atoms with van der Waals surface area (Å²) in [4.78, 5) is 11.7. The zero-order valence-corrected chi connectivity index (χ0v) is 6.97. The Morgan fingerprint density at radius 1 is 1.67 bits per heavy atom. The van der Waals surface area contributed by atoms with Crippen molar-refractivity contribution in [1.29, 1.82) is 0 Å². The summed E-state index contributed by atoms with van der Waals surface area (Å²) in [7, 11) is 0. The number of rotatable bonds is 1. The van der Waals surface area contributed by atoms with Crippen molar-refractivity contribution < 1.29 is 9.90 Å². The molecule has 0 aromatic heterocycles. The Morgan fingerprint density at radius 3 is 3.08 bits per heavy atom. The predicted molar refractivity (Wildman–Crippen MR) is 47.5 cm³/mol. The monoisotopic (exact) mass is 181 g/mol. The van der Waals surface area contributed by atoms with Crippen LogP contribution in [0.2, 0.25) is 0 Å². The normalized spacial score (nSPS) is 26.1. The second-order valence-corrected chi connectivity index (χ2v) is 3.74. The standard InChI is InChI=1S/C8H7NO2S/c9-7-6(8(10)11)4-2-1-3-5(4)12-7/h1-3,7H,9H2,(H,10,11). The van der Waals surface area contributed by atoms with Crippen molar-refractivity contribution in [2.45, 2.75) is 5.37 Å². The number of aliphatic carboxylic acids is 1. The lowest BCUT2D eigenvalue weighted by molar-refractivity contribution is -0.132. The van der Waals surface area contributed by atoms with Crippen LogP contribution in [0.3, 0.4) is 0 Å². The van der Waals surface area contributed by atoms with Crippen LogP contribution in [0, 0.1) is 0 Å². The summed E-state index contributed by atoms with van der Waals surface area (Å²) in [6, 6.07) is 0. The molecule has 62 valence electrons. The van der Waals surface area contributed by atoms with Crippen molar-refractivity contribution in [3.8, 4) is 0 Å². The van der Waals surface area contributed by atoms with Crippen molar-refractivity contribution in [3.63, 3.8) is 0 Å². The number of thioether (sulfide) groups is 1. The Morgan fingerprint density at radius 2 is 2.42 bits per heavy atom. The summed E-state index contributed by atoms with van der Waals surface area (Å²) in [5, 5.41) is 8.41. The lowest BCUT2D eigenvalue weighted by atomic mass is 10.1. The van der Waals surface area contributed by atoms with Gasteiger partial charge < -0.3 is 10.8 Å². The van der Waals surface area contributed by atoms with Gasteiger partial charge in [-0.3, -0.25) is 0 Å². The van der Waals surface area contributed by atoms with Crippen molar-refractivity contribution in [1.82, 2.24) is 0 Å². The van der Waals surface area contributed by atoms with Crippen LogP contribution >= 0.6 is 11.8 Å². The van der Waals surface area contributed by atoms with Gasteiger partial charge in [-0.05, 0) is 6.08 Å². The number of hydrogen-bond acceptors (Lipinski definition) is 3. The SMILES string of the molecule is NC1SC2=CC=CC2=C1C(=O)O. The number of fused-ring (bicyclic) bond motifs is 1. The highest BCUT2D eigenvalue weighted by Gasteiger charge is 2.31. The van der Waals surface area contributed by atoms with E-state index >= 15 is 0 Å². The van der Waals surface area contributed by atoms with Gasteiger partial charge in [-0.2, -0.15) is 0 Å². The van der Waals surface area contributed by atoms with Crippen LogP contribution < -0.4 is 5.73 Å². The zero-order chi connectivity index (χ0) is 8.72. The highest BCUT2D eigenvalue weighted by molar-refractivity contribution is 8.04. The van der Waals surface area contributed by atoms with E-state index in [1.54, 1.807) is 6.08 Å². The van der Waals surface area contributed by atoms with E-state index in [1.807, 2.05) is 12.2 Å². The Bertz CT molecular complexity index is 341. The lowest BCUT2D eigenvalue weighted by Gasteiger charge is -2.01. The van der Waals surface area contributed by atoms with E-state index in [9.17, 15) is 4.79 Å². The predicted octanol–water partition coefficient (Wildman–Crippen LogP) is 0.853. The first-order valence-corrected chi connectivity index (χ1v) is 4.36. The molecule has 0 aromatic carbocycles. The summed E-state index contributed by atoms with van der Waals surface area (Å²) < 4.78 is 0. The van der Waals surface area contributed by atoms with Gasteiger partial charge in [-0.15, -0.1) is 11.8 Å². The minimum Gasteiger partial charge on any atom is -0.478 e. The van der Waals surface area contributed by atoms with Gasteiger partial charge >= 0.3 is 5.97 Å². The number of carbonyl (C=O) groups is 1. The molecule has 0 radical (unpaired) electrons. The summed E-state index contributed by atoms with van der Waals surface area (Å²) in [5.41, 5.74) is 6.72. The third-order valence-electron chi connectivity index (χ3n) is 1.83. The molecule has 2 rings (SSSR count). The van der Waals surface area contributed by atoms with E-state index in [0.717, 1.165) is 10.5 Å². The zero-order valence-electron chi connectivity index (χ0n) is 6.15. The van der Waals surface area contributed by atoms with E-state index < -0.39 is 11.3 Å². The molecule has 0 amide bonds. The molecular weight excluding hydrogens is 174 g/mol. The van der Waals surface area contributed by atoms with E-state index in [4.69, 9.17) is 10.8 Å². The summed E-state index contributed by atoms with van der Waals surface area (Å²) in [6.07, 6.45) is 5.51. The fourth-order valence-corrected chi connectivity index (χ4v) is 2.40. The van der Waals surface area contributed by atoms with Gasteiger partial charge in [0.2, 0.25) is 0 Å². The van der Waals surface area contributed by atoms with Gasteiger partial charge in [0.05, 0.1) is 10.9 Å². The summed E-state index contributed by atoms with van der Waals surface area (Å²) >= 11 is 1.39. The molecule has 0 fully saturated rings. The molecule has 0 bridgehead atoms. The minimum absolute atomic E-state index is 0.319. The molecule has 1 heterocycles. The molecule has 0 saturated carbocycles. The Balaban J connectivity index is 2.52. The van der Waals surface area contributed by atoms with Gasteiger partial charge in [0.1, 0.15) is 0 Å². The third kappa shape index (κ3) is 0.922. The Hall–Kier alpha value is -1.00. The molecule has 1 unspecified atom stereocenters. The first-order chi connectivity index (χ1) is 5.70. The molecule has 4 heteroatoms. The molecule has 3 N–H and O–H groups in total. The van der Waals surface area contributed by atoms with Gasteiger partial charge in [-0.1, -0.05) is 12.2 Å². The minimum atomic E-state index is -0.917. The second-order valence-electron chi connectivity index (χ2n) is 2.56. The molecule has 1 aliphatic carbocycles. The van der Waals surface area contributed by atoms with Gasteiger partial charge in [0, 0.05) is 10.5 Å². The van der Waals surface area contributed by atoms with Crippen LogP contribution in [-0.4, -0.2) is 16.4 Å². The third-order valence-corrected chi connectivity index (χ3v) is 2.93. The lowest BCUT2D eigenvalue weighted by Crippen LogP contribution is -2.21. The molecule has 1 atom stereocenters. The number of carboxylic acid groups (broad SMARTS) is 1. The molecule has 12 heavy (non-hydrogen) atoms.